The fraction of sp³-hybridized carbons (Fsp3) is 0.263. The molecule has 2 amide bonds. The van der Waals surface area contributed by atoms with Crippen LogP contribution >= 0.6 is 11.8 Å². The van der Waals surface area contributed by atoms with Crippen LogP contribution in [0.15, 0.2) is 63.8 Å². The molecule has 2 aliphatic rings. The van der Waals surface area contributed by atoms with Crippen molar-refractivity contribution in [3.63, 3.8) is 0 Å². The van der Waals surface area contributed by atoms with Gasteiger partial charge in [0.2, 0.25) is 0 Å². The maximum atomic E-state index is 12.9. The van der Waals surface area contributed by atoms with E-state index < -0.39 is 12.1 Å². The van der Waals surface area contributed by atoms with Crippen molar-refractivity contribution in [2.24, 2.45) is 10.3 Å². The van der Waals surface area contributed by atoms with Gasteiger partial charge in [-0.25, -0.2) is 4.90 Å². The van der Waals surface area contributed by atoms with Gasteiger partial charge in [0.05, 0.1) is 12.2 Å². The molecule has 2 atom stereocenters. The molecule has 2 unspecified atom stereocenters. The van der Waals surface area contributed by atoms with Crippen LogP contribution < -0.4 is 4.90 Å². The molecule has 0 aliphatic carbocycles. The number of benzene rings is 2. The lowest BCUT2D eigenvalue weighted by atomic mass is 10.1. The van der Waals surface area contributed by atoms with E-state index in [1.807, 2.05) is 49.6 Å². The normalized spacial score (nSPS) is 21.6. The highest BCUT2D eigenvalue weighted by Gasteiger charge is 2.54. The lowest BCUT2D eigenvalue weighted by molar-refractivity contribution is -0.123. The molecule has 7 heteroatoms. The van der Waals surface area contributed by atoms with E-state index in [9.17, 15) is 9.59 Å². The zero-order valence-corrected chi connectivity index (χ0v) is 15.3. The first-order valence-electron chi connectivity index (χ1n) is 8.33. The van der Waals surface area contributed by atoms with Gasteiger partial charge in [-0.05, 0) is 43.0 Å². The molecule has 6 nitrogen and oxygen atoms in total. The van der Waals surface area contributed by atoms with Gasteiger partial charge in [0.25, 0.3) is 11.8 Å². The topological polar surface area (TPSA) is 65.3 Å². The number of aryl methyl sites for hydroxylation is 1. The molecule has 0 radical (unpaired) electrons. The van der Waals surface area contributed by atoms with Gasteiger partial charge in [-0.2, -0.15) is 5.11 Å². The molecule has 2 heterocycles. The van der Waals surface area contributed by atoms with E-state index in [-0.39, 0.29) is 11.8 Å². The van der Waals surface area contributed by atoms with Crippen LogP contribution in [0.25, 0.3) is 0 Å². The number of rotatable bonds is 4. The Kier molecular flexibility index (Phi) is 4.24. The molecule has 0 bridgehead atoms. The average molecular weight is 366 g/mol. The number of amides is 2. The number of imide groups is 1. The van der Waals surface area contributed by atoms with E-state index in [0.29, 0.717) is 12.2 Å². The maximum Gasteiger partial charge on any atom is 0.263 e. The van der Waals surface area contributed by atoms with Crippen molar-refractivity contribution in [2.45, 2.75) is 30.4 Å². The minimum atomic E-state index is -0.755. The predicted molar refractivity (Wildman–Crippen MR) is 99.9 cm³/mol. The van der Waals surface area contributed by atoms with E-state index in [0.717, 1.165) is 11.1 Å². The predicted octanol–water partition coefficient (Wildman–Crippen LogP) is 3.21. The van der Waals surface area contributed by atoms with Gasteiger partial charge >= 0.3 is 0 Å². The summed E-state index contributed by atoms with van der Waals surface area (Å²) in [5.74, 6) is -0.581. The fourth-order valence-electron chi connectivity index (χ4n) is 3.22. The van der Waals surface area contributed by atoms with Crippen molar-refractivity contribution < 1.29 is 9.59 Å². The summed E-state index contributed by atoms with van der Waals surface area (Å²) in [5, 5.41) is 9.77. The number of carbonyl (C=O) groups excluding carboxylic acids is 2. The first-order chi connectivity index (χ1) is 12.6. The monoisotopic (exact) mass is 366 g/mol. The Morgan fingerprint density at radius 3 is 2.35 bits per heavy atom. The second kappa shape index (κ2) is 6.57. The van der Waals surface area contributed by atoms with Gasteiger partial charge in [-0.3, -0.25) is 14.6 Å². The molecule has 132 valence electrons. The summed E-state index contributed by atoms with van der Waals surface area (Å²) in [6, 6.07) is 14.0. The molecule has 2 aromatic carbocycles. The number of anilines is 1. The third-order valence-electron chi connectivity index (χ3n) is 4.65. The van der Waals surface area contributed by atoms with Crippen LogP contribution in [0.5, 0.6) is 0 Å². The lowest BCUT2D eigenvalue weighted by Crippen LogP contribution is -2.39. The Bertz CT molecular complexity index is 879. The molecular formula is C19H18N4O2S. The number of hydrogen-bond acceptors (Lipinski definition) is 6. The van der Waals surface area contributed by atoms with Crippen LogP contribution in [0, 0.1) is 6.92 Å². The smallest absolute Gasteiger partial charge is 0.263 e. The van der Waals surface area contributed by atoms with Crippen LogP contribution in [-0.2, 0) is 16.1 Å². The molecule has 0 saturated carbocycles. The summed E-state index contributed by atoms with van der Waals surface area (Å²) >= 11 is 1.67. The Morgan fingerprint density at radius 2 is 1.69 bits per heavy atom. The molecular weight excluding hydrogens is 348 g/mol. The summed E-state index contributed by atoms with van der Waals surface area (Å²) in [6.45, 7) is 2.41. The Balaban J connectivity index is 1.56. The van der Waals surface area contributed by atoms with Gasteiger partial charge in [0.1, 0.15) is 0 Å². The summed E-state index contributed by atoms with van der Waals surface area (Å²) in [6.07, 6.45) is 2.02. The van der Waals surface area contributed by atoms with Gasteiger partial charge < -0.3 is 0 Å². The molecule has 0 N–H and O–H groups in total. The molecule has 1 fully saturated rings. The second-order valence-corrected chi connectivity index (χ2v) is 7.27. The van der Waals surface area contributed by atoms with Crippen LogP contribution in [0.1, 0.15) is 11.1 Å². The molecule has 26 heavy (non-hydrogen) atoms. The van der Waals surface area contributed by atoms with Gasteiger partial charge in [-0.15, -0.1) is 11.8 Å². The summed E-state index contributed by atoms with van der Waals surface area (Å²) in [7, 11) is 0. The Hall–Kier alpha value is -2.67. The SMILES string of the molecule is CSc1ccc(CN2N=NC3C(=O)N(c4ccc(C)cc4)C(=O)C32)cc1. The third kappa shape index (κ3) is 2.78. The van der Waals surface area contributed by atoms with Crippen LogP contribution in [-0.4, -0.2) is 35.2 Å². The quantitative estimate of drug-likeness (QED) is 0.616. The summed E-state index contributed by atoms with van der Waals surface area (Å²) in [4.78, 5) is 28.0. The van der Waals surface area contributed by atoms with Crippen molar-refractivity contribution in [3.05, 3.63) is 59.7 Å². The van der Waals surface area contributed by atoms with Crippen LogP contribution in [0.3, 0.4) is 0 Å². The zero-order chi connectivity index (χ0) is 18.3. The highest BCUT2D eigenvalue weighted by molar-refractivity contribution is 7.98. The first-order valence-corrected chi connectivity index (χ1v) is 9.56. The van der Waals surface area contributed by atoms with Crippen molar-refractivity contribution in [3.8, 4) is 0 Å². The molecule has 4 rings (SSSR count). The Labute approximate surface area is 155 Å². The van der Waals surface area contributed by atoms with Crippen molar-refractivity contribution in [1.29, 1.82) is 0 Å². The minimum Gasteiger partial charge on any atom is -0.271 e. The number of nitrogens with zero attached hydrogens (tertiary/aromatic N) is 4. The van der Waals surface area contributed by atoms with Gasteiger partial charge in [0, 0.05) is 4.90 Å². The summed E-state index contributed by atoms with van der Waals surface area (Å²) < 4.78 is 0. The number of fused-ring (bicyclic) bond motifs is 1. The standard InChI is InChI=1S/C19H18N4O2S/c1-12-3-7-14(8-4-12)23-18(24)16-17(19(23)25)22(21-20-16)11-13-5-9-15(26-2)10-6-13/h3-10,16-17H,11H2,1-2H3. The molecule has 2 aromatic rings. The van der Waals surface area contributed by atoms with Crippen molar-refractivity contribution in [1.82, 2.24) is 5.01 Å². The van der Waals surface area contributed by atoms with E-state index in [2.05, 4.69) is 10.3 Å². The molecule has 1 saturated heterocycles. The third-order valence-corrected chi connectivity index (χ3v) is 5.40. The van der Waals surface area contributed by atoms with E-state index >= 15 is 0 Å². The number of hydrogen-bond donors (Lipinski definition) is 0. The Morgan fingerprint density at radius 1 is 1.00 bits per heavy atom. The molecule has 2 aliphatic heterocycles. The number of carbonyl (C=O) groups is 2. The first kappa shape index (κ1) is 16.8. The van der Waals surface area contributed by atoms with Crippen LogP contribution in [0.4, 0.5) is 5.69 Å². The van der Waals surface area contributed by atoms with E-state index in [4.69, 9.17) is 0 Å². The van der Waals surface area contributed by atoms with Gasteiger partial charge in [-0.1, -0.05) is 35.1 Å². The fourth-order valence-corrected chi connectivity index (χ4v) is 3.63. The van der Waals surface area contributed by atoms with Crippen molar-refractivity contribution in [2.75, 3.05) is 11.2 Å². The van der Waals surface area contributed by atoms with Crippen molar-refractivity contribution >= 4 is 29.3 Å². The minimum absolute atomic E-state index is 0.269. The van der Waals surface area contributed by atoms with E-state index in [1.165, 1.54) is 9.80 Å². The lowest BCUT2D eigenvalue weighted by Gasteiger charge is -2.20. The highest BCUT2D eigenvalue weighted by Crippen LogP contribution is 2.33. The zero-order valence-electron chi connectivity index (χ0n) is 14.5. The summed E-state index contributed by atoms with van der Waals surface area (Å²) in [5.41, 5.74) is 2.68. The average Bonchev–Trinajstić information content (AvgIpc) is 3.17. The van der Waals surface area contributed by atoms with E-state index in [1.54, 1.807) is 28.9 Å². The highest BCUT2D eigenvalue weighted by atomic mass is 32.2. The van der Waals surface area contributed by atoms with Crippen LogP contribution in [0.2, 0.25) is 0 Å². The second-order valence-electron chi connectivity index (χ2n) is 6.39. The van der Waals surface area contributed by atoms with Gasteiger partial charge in [0.15, 0.2) is 12.1 Å². The molecule has 0 spiro atoms. The largest absolute Gasteiger partial charge is 0.271 e. The number of thioether (sulfide) groups is 1. The molecule has 0 aromatic heterocycles. The maximum absolute atomic E-state index is 12.9.